The Balaban J connectivity index is 1.89. The lowest BCUT2D eigenvalue weighted by molar-refractivity contribution is -0.121. The topological polar surface area (TPSA) is 86.7 Å². The molecule has 1 aliphatic heterocycles. The van der Waals surface area contributed by atoms with E-state index in [1.807, 2.05) is 0 Å². The molecule has 1 aliphatic rings. The van der Waals surface area contributed by atoms with Gasteiger partial charge in [0.2, 0.25) is 5.91 Å². The van der Waals surface area contributed by atoms with Crippen LogP contribution in [-0.2, 0) is 11.4 Å². The molecular formula is C20H20N2O4. The smallest absolute Gasteiger partial charge is 0.262 e. The summed E-state index contributed by atoms with van der Waals surface area (Å²) in [5.74, 6) is -1.62. The van der Waals surface area contributed by atoms with E-state index in [1.165, 1.54) is 0 Å². The zero-order valence-corrected chi connectivity index (χ0v) is 14.6. The fraction of sp³-hybridized carbons (Fsp3) is 0.250. The lowest BCUT2D eigenvalue weighted by Gasteiger charge is -2.28. The lowest BCUT2D eigenvalue weighted by Crippen LogP contribution is -2.50. The summed E-state index contributed by atoms with van der Waals surface area (Å²) in [6.07, 6.45) is 0. The Morgan fingerprint density at radius 2 is 1.65 bits per heavy atom. The van der Waals surface area contributed by atoms with E-state index in [0.717, 1.165) is 4.90 Å². The molecule has 0 radical (unpaired) electrons. The molecule has 0 saturated heterocycles. The van der Waals surface area contributed by atoms with Gasteiger partial charge in [-0.15, -0.1) is 0 Å². The summed E-state index contributed by atoms with van der Waals surface area (Å²) < 4.78 is 0. The number of hydrogen-bond acceptors (Lipinski definition) is 4. The van der Waals surface area contributed by atoms with Crippen molar-refractivity contribution in [3.05, 3.63) is 65.2 Å². The van der Waals surface area contributed by atoms with Crippen LogP contribution in [0, 0.1) is 5.92 Å². The molecule has 1 heterocycles. The van der Waals surface area contributed by atoms with Crippen LogP contribution in [0.25, 0.3) is 0 Å². The molecule has 6 heteroatoms. The Morgan fingerprint density at radius 3 is 2.19 bits per heavy atom. The molecule has 0 bridgehead atoms. The number of aliphatic hydroxyl groups is 1. The Bertz CT molecular complexity index is 841. The number of hydrogen-bond donors (Lipinski definition) is 2. The van der Waals surface area contributed by atoms with E-state index in [4.69, 9.17) is 0 Å². The molecule has 2 aromatic carbocycles. The summed E-state index contributed by atoms with van der Waals surface area (Å²) in [6.45, 7) is 3.44. The number of anilines is 1. The van der Waals surface area contributed by atoms with Crippen LogP contribution in [0.2, 0.25) is 0 Å². The number of fused-ring (bicyclic) bond motifs is 1. The van der Waals surface area contributed by atoms with Gasteiger partial charge in [-0.3, -0.25) is 19.3 Å². The van der Waals surface area contributed by atoms with E-state index >= 15 is 0 Å². The molecule has 0 spiro atoms. The number of imide groups is 1. The van der Waals surface area contributed by atoms with Gasteiger partial charge in [-0.2, -0.15) is 0 Å². The van der Waals surface area contributed by atoms with Crippen LogP contribution in [-0.4, -0.2) is 33.8 Å². The van der Waals surface area contributed by atoms with Crippen molar-refractivity contribution in [2.24, 2.45) is 5.92 Å². The average Bonchev–Trinajstić information content (AvgIpc) is 2.87. The molecule has 0 saturated carbocycles. The van der Waals surface area contributed by atoms with Gasteiger partial charge in [0.1, 0.15) is 6.04 Å². The molecule has 1 unspecified atom stereocenters. The highest BCUT2D eigenvalue weighted by molar-refractivity contribution is 6.23. The maximum Gasteiger partial charge on any atom is 0.262 e. The van der Waals surface area contributed by atoms with E-state index in [1.54, 1.807) is 62.4 Å². The average molecular weight is 352 g/mol. The van der Waals surface area contributed by atoms with E-state index in [9.17, 15) is 19.5 Å². The highest BCUT2D eigenvalue weighted by Gasteiger charge is 2.43. The zero-order chi connectivity index (χ0) is 18.8. The van der Waals surface area contributed by atoms with Crippen LogP contribution in [0.3, 0.4) is 0 Å². The molecule has 26 heavy (non-hydrogen) atoms. The van der Waals surface area contributed by atoms with Crippen molar-refractivity contribution in [3.63, 3.8) is 0 Å². The molecule has 0 aliphatic carbocycles. The van der Waals surface area contributed by atoms with Gasteiger partial charge in [-0.25, -0.2) is 0 Å². The normalized spacial score (nSPS) is 14.5. The summed E-state index contributed by atoms with van der Waals surface area (Å²) in [7, 11) is 0. The maximum atomic E-state index is 12.9. The summed E-state index contributed by atoms with van der Waals surface area (Å²) in [6, 6.07) is 12.4. The third kappa shape index (κ3) is 3.11. The number of carbonyl (C=O) groups excluding carboxylic acids is 3. The van der Waals surface area contributed by atoms with Gasteiger partial charge in [-0.1, -0.05) is 38.1 Å². The summed E-state index contributed by atoms with van der Waals surface area (Å²) in [5.41, 5.74) is 1.80. The second-order valence-corrected chi connectivity index (χ2v) is 6.56. The second kappa shape index (κ2) is 7.09. The van der Waals surface area contributed by atoms with Crippen LogP contribution in [0.15, 0.2) is 48.5 Å². The minimum Gasteiger partial charge on any atom is -0.392 e. The zero-order valence-electron chi connectivity index (χ0n) is 14.6. The van der Waals surface area contributed by atoms with Crippen molar-refractivity contribution in [3.8, 4) is 0 Å². The van der Waals surface area contributed by atoms with Crippen LogP contribution < -0.4 is 5.32 Å². The largest absolute Gasteiger partial charge is 0.392 e. The number of carbonyl (C=O) groups is 3. The highest BCUT2D eigenvalue weighted by atomic mass is 16.3. The van der Waals surface area contributed by atoms with Gasteiger partial charge in [0.15, 0.2) is 0 Å². The van der Waals surface area contributed by atoms with Crippen LogP contribution in [0.4, 0.5) is 5.69 Å². The van der Waals surface area contributed by atoms with Crippen molar-refractivity contribution in [1.82, 2.24) is 4.90 Å². The third-order valence-corrected chi connectivity index (χ3v) is 4.38. The van der Waals surface area contributed by atoms with E-state index in [2.05, 4.69) is 5.32 Å². The van der Waals surface area contributed by atoms with Crippen LogP contribution >= 0.6 is 0 Å². The van der Waals surface area contributed by atoms with E-state index < -0.39 is 23.8 Å². The predicted octanol–water partition coefficient (Wildman–Crippen LogP) is 2.44. The molecule has 0 aromatic heterocycles. The van der Waals surface area contributed by atoms with Crippen LogP contribution in [0.1, 0.15) is 40.1 Å². The monoisotopic (exact) mass is 352 g/mol. The van der Waals surface area contributed by atoms with Crippen molar-refractivity contribution in [2.45, 2.75) is 26.5 Å². The maximum absolute atomic E-state index is 12.9. The number of aliphatic hydroxyl groups excluding tert-OH is 1. The summed E-state index contributed by atoms with van der Waals surface area (Å²) >= 11 is 0. The molecule has 2 N–H and O–H groups in total. The van der Waals surface area contributed by atoms with Gasteiger partial charge in [0, 0.05) is 5.69 Å². The van der Waals surface area contributed by atoms with Gasteiger partial charge in [0.05, 0.1) is 17.7 Å². The first-order valence-corrected chi connectivity index (χ1v) is 8.41. The molecule has 3 amide bonds. The number of nitrogens with one attached hydrogen (secondary N) is 1. The minimum atomic E-state index is -0.930. The van der Waals surface area contributed by atoms with Gasteiger partial charge < -0.3 is 10.4 Å². The standard InChI is InChI=1S/C20H20N2O4/c1-12(2)17(18(24)21-14-7-5-6-13(10-14)11-23)22-19(25)15-8-3-4-9-16(15)20(22)26/h3-10,12,17,23H,11H2,1-2H3,(H,21,24). The van der Waals surface area contributed by atoms with Crippen molar-refractivity contribution >= 4 is 23.4 Å². The Morgan fingerprint density at radius 1 is 1.04 bits per heavy atom. The summed E-state index contributed by atoms with van der Waals surface area (Å²) in [5, 5.41) is 12.0. The second-order valence-electron chi connectivity index (χ2n) is 6.56. The fourth-order valence-electron chi connectivity index (χ4n) is 3.14. The van der Waals surface area contributed by atoms with E-state index in [-0.39, 0.29) is 12.5 Å². The number of rotatable bonds is 5. The van der Waals surface area contributed by atoms with Gasteiger partial charge >= 0.3 is 0 Å². The first-order chi connectivity index (χ1) is 12.4. The van der Waals surface area contributed by atoms with Crippen molar-refractivity contribution < 1.29 is 19.5 Å². The predicted molar refractivity (Wildman–Crippen MR) is 96.6 cm³/mol. The third-order valence-electron chi connectivity index (χ3n) is 4.38. The fourth-order valence-corrected chi connectivity index (χ4v) is 3.14. The van der Waals surface area contributed by atoms with Crippen LogP contribution in [0.5, 0.6) is 0 Å². The Labute approximate surface area is 151 Å². The molecule has 0 fully saturated rings. The lowest BCUT2D eigenvalue weighted by atomic mass is 10.0. The van der Waals surface area contributed by atoms with Crippen molar-refractivity contribution in [2.75, 3.05) is 5.32 Å². The number of nitrogens with zero attached hydrogens (tertiary/aromatic N) is 1. The number of benzene rings is 2. The van der Waals surface area contributed by atoms with Crippen molar-refractivity contribution in [1.29, 1.82) is 0 Å². The van der Waals surface area contributed by atoms with Gasteiger partial charge in [-0.05, 0) is 35.7 Å². The minimum absolute atomic E-state index is 0.143. The first kappa shape index (κ1) is 17.8. The molecule has 134 valence electrons. The molecule has 3 rings (SSSR count). The number of amides is 3. The van der Waals surface area contributed by atoms with E-state index in [0.29, 0.717) is 22.4 Å². The Hall–Kier alpha value is -2.99. The molecular weight excluding hydrogens is 332 g/mol. The molecule has 1 atom stereocenters. The first-order valence-electron chi connectivity index (χ1n) is 8.41. The SMILES string of the molecule is CC(C)C(C(=O)Nc1cccc(CO)c1)N1C(=O)c2ccccc2C1=O. The molecule has 2 aromatic rings. The molecule has 6 nitrogen and oxygen atoms in total. The highest BCUT2D eigenvalue weighted by Crippen LogP contribution is 2.27. The quantitative estimate of drug-likeness (QED) is 0.809. The van der Waals surface area contributed by atoms with Gasteiger partial charge in [0.25, 0.3) is 11.8 Å². The Kier molecular flexibility index (Phi) is 4.86. The summed E-state index contributed by atoms with van der Waals surface area (Å²) in [4.78, 5) is 39.3.